The Labute approximate surface area is 128 Å². The molecule has 1 aliphatic rings. The highest BCUT2D eigenvalue weighted by Crippen LogP contribution is 2.24. The summed E-state index contributed by atoms with van der Waals surface area (Å²) in [5.74, 6) is 0.658. The number of nitrogens with one attached hydrogen (secondary N) is 1. The van der Waals surface area contributed by atoms with Gasteiger partial charge in [-0.15, -0.1) is 0 Å². The summed E-state index contributed by atoms with van der Waals surface area (Å²) in [6.07, 6.45) is 1.05. The van der Waals surface area contributed by atoms with E-state index in [1.807, 2.05) is 29.2 Å². The Balaban J connectivity index is 2.14. The zero-order chi connectivity index (χ0) is 15.4. The third kappa shape index (κ3) is 3.56. The van der Waals surface area contributed by atoms with Crippen LogP contribution in [0, 0.1) is 5.92 Å². The minimum Gasteiger partial charge on any atom is -0.384 e. The molecule has 4 heteroatoms. The number of hydrogen-bond donors (Lipinski definition) is 1. The predicted octanol–water partition coefficient (Wildman–Crippen LogP) is 2.53. The van der Waals surface area contributed by atoms with Crippen LogP contribution in [0.4, 0.5) is 5.69 Å². The van der Waals surface area contributed by atoms with Crippen LogP contribution in [0.2, 0.25) is 0 Å². The van der Waals surface area contributed by atoms with E-state index in [0.29, 0.717) is 12.0 Å². The number of likely N-dealkylation sites (tertiary alicyclic amines) is 1. The number of anilines is 1. The summed E-state index contributed by atoms with van der Waals surface area (Å²) in [7, 11) is 4.18. The van der Waals surface area contributed by atoms with Gasteiger partial charge in [-0.2, -0.15) is 0 Å². The van der Waals surface area contributed by atoms with Crippen LogP contribution in [-0.4, -0.2) is 55.5 Å². The average Bonchev–Trinajstić information content (AvgIpc) is 2.87. The Kier molecular flexibility index (Phi) is 5.23. The van der Waals surface area contributed by atoms with Crippen molar-refractivity contribution in [3.05, 3.63) is 29.8 Å². The molecule has 0 saturated carbocycles. The third-order valence-electron chi connectivity index (χ3n) is 4.25. The molecule has 4 nitrogen and oxygen atoms in total. The van der Waals surface area contributed by atoms with Crippen molar-refractivity contribution in [2.45, 2.75) is 26.3 Å². The van der Waals surface area contributed by atoms with Crippen LogP contribution >= 0.6 is 0 Å². The van der Waals surface area contributed by atoms with Gasteiger partial charge in [0.1, 0.15) is 0 Å². The molecule has 1 amide bonds. The zero-order valence-electron chi connectivity index (χ0n) is 13.6. The standard InChI is InChI=1S/C17H27N3O/c1-5-10-18-15-9-7-6-8-14(15)17(21)20-11-13(2)16(12-20)19(3)4/h6-9,13,16,18H,5,10-12H2,1-4H3. The second-order valence-corrected chi connectivity index (χ2v) is 6.19. The van der Waals surface area contributed by atoms with Crippen LogP contribution < -0.4 is 5.32 Å². The molecule has 2 rings (SSSR count). The van der Waals surface area contributed by atoms with Crippen molar-refractivity contribution in [1.82, 2.24) is 9.80 Å². The van der Waals surface area contributed by atoms with Gasteiger partial charge in [0.05, 0.1) is 5.56 Å². The summed E-state index contributed by atoms with van der Waals surface area (Å²) in [6, 6.07) is 8.28. The molecule has 0 radical (unpaired) electrons. The number of carbonyl (C=O) groups excluding carboxylic acids is 1. The number of hydrogen-bond acceptors (Lipinski definition) is 3. The SMILES string of the molecule is CCCNc1ccccc1C(=O)N1CC(C)C(N(C)C)C1. The molecule has 2 unspecified atom stereocenters. The minimum atomic E-state index is 0.144. The molecule has 1 fully saturated rings. The normalized spacial score (nSPS) is 21.9. The van der Waals surface area contributed by atoms with E-state index >= 15 is 0 Å². The molecule has 1 heterocycles. The second kappa shape index (κ2) is 6.94. The summed E-state index contributed by atoms with van der Waals surface area (Å²) < 4.78 is 0. The van der Waals surface area contributed by atoms with Crippen molar-refractivity contribution in [2.75, 3.05) is 39.0 Å². The maximum atomic E-state index is 12.8. The second-order valence-electron chi connectivity index (χ2n) is 6.19. The lowest BCUT2D eigenvalue weighted by Gasteiger charge is -2.22. The van der Waals surface area contributed by atoms with E-state index in [4.69, 9.17) is 0 Å². The maximum Gasteiger partial charge on any atom is 0.256 e. The van der Waals surface area contributed by atoms with Gasteiger partial charge in [-0.05, 0) is 38.6 Å². The topological polar surface area (TPSA) is 35.6 Å². The molecule has 1 N–H and O–H groups in total. The van der Waals surface area contributed by atoms with E-state index in [1.54, 1.807) is 0 Å². The molecule has 0 spiro atoms. The maximum absolute atomic E-state index is 12.8. The van der Waals surface area contributed by atoms with Crippen molar-refractivity contribution < 1.29 is 4.79 Å². The summed E-state index contributed by atoms with van der Waals surface area (Å²) in [5.41, 5.74) is 1.74. The summed E-state index contributed by atoms with van der Waals surface area (Å²) in [4.78, 5) is 17.0. The zero-order valence-corrected chi connectivity index (χ0v) is 13.6. The first-order valence-corrected chi connectivity index (χ1v) is 7.83. The van der Waals surface area contributed by atoms with Gasteiger partial charge >= 0.3 is 0 Å². The number of benzene rings is 1. The van der Waals surface area contributed by atoms with Gasteiger partial charge in [-0.3, -0.25) is 4.79 Å². The van der Waals surface area contributed by atoms with E-state index in [2.05, 4.69) is 38.2 Å². The smallest absolute Gasteiger partial charge is 0.256 e. The molecular formula is C17H27N3O. The molecule has 2 atom stereocenters. The molecule has 0 bridgehead atoms. The Morgan fingerprint density at radius 1 is 1.33 bits per heavy atom. The number of amides is 1. The summed E-state index contributed by atoms with van der Waals surface area (Å²) >= 11 is 0. The van der Waals surface area contributed by atoms with Crippen molar-refractivity contribution in [3.63, 3.8) is 0 Å². The Hall–Kier alpha value is -1.55. The van der Waals surface area contributed by atoms with E-state index in [0.717, 1.165) is 37.3 Å². The highest BCUT2D eigenvalue weighted by atomic mass is 16.2. The van der Waals surface area contributed by atoms with Gasteiger partial charge in [0.15, 0.2) is 0 Å². The fourth-order valence-electron chi connectivity index (χ4n) is 3.04. The molecule has 21 heavy (non-hydrogen) atoms. The van der Waals surface area contributed by atoms with Gasteiger partial charge in [-0.25, -0.2) is 0 Å². The van der Waals surface area contributed by atoms with Gasteiger partial charge in [0, 0.05) is 31.4 Å². The summed E-state index contributed by atoms with van der Waals surface area (Å²) in [6.45, 7) is 6.89. The molecule has 0 aromatic heterocycles. The largest absolute Gasteiger partial charge is 0.384 e. The van der Waals surface area contributed by atoms with Crippen LogP contribution in [0.1, 0.15) is 30.6 Å². The van der Waals surface area contributed by atoms with Gasteiger partial charge < -0.3 is 15.1 Å². The first-order valence-electron chi connectivity index (χ1n) is 7.83. The average molecular weight is 289 g/mol. The number of carbonyl (C=O) groups is 1. The fraction of sp³-hybridized carbons (Fsp3) is 0.588. The number of nitrogens with zero attached hydrogens (tertiary/aromatic N) is 2. The number of para-hydroxylation sites is 1. The highest BCUT2D eigenvalue weighted by Gasteiger charge is 2.34. The minimum absolute atomic E-state index is 0.144. The Morgan fingerprint density at radius 3 is 2.67 bits per heavy atom. The summed E-state index contributed by atoms with van der Waals surface area (Å²) in [5, 5.41) is 3.35. The fourth-order valence-corrected chi connectivity index (χ4v) is 3.04. The molecule has 1 aromatic rings. The van der Waals surface area contributed by atoms with E-state index < -0.39 is 0 Å². The predicted molar refractivity (Wildman–Crippen MR) is 87.8 cm³/mol. The molecule has 1 aromatic carbocycles. The number of likely N-dealkylation sites (N-methyl/N-ethyl adjacent to an activating group) is 1. The van der Waals surface area contributed by atoms with Gasteiger partial charge in [0.25, 0.3) is 5.91 Å². The molecular weight excluding hydrogens is 262 g/mol. The van der Waals surface area contributed by atoms with E-state index in [-0.39, 0.29) is 5.91 Å². The van der Waals surface area contributed by atoms with E-state index in [9.17, 15) is 4.79 Å². The first-order chi connectivity index (χ1) is 10.0. The molecule has 1 aliphatic heterocycles. The van der Waals surface area contributed by atoms with Gasteiger partial charge in [-0.1, -0.05) is 26.0 Å². The van der Waals surface area contributed by atoms with Crippen LogP contribution in [0.3, 0.4) is 0 Å². The lowest BCUT2D eigenvalue weighted by atomic mass is 10.1. The molecule has 0 aliphatic carbocycles. The number of rotatable bonds is 5. The first kappa shape index (κ1) is 15.8. The van der Waals surface area contributed by atoms with Crippen LogP contribution in [-0.2, 0) is 0 Å². The monoisotopic (exact) mass is 289 g/mol. The van der Waals surface area contributed by atoms with Crippen molar-refractivity contribution >= 4 is 11.6 Å². The lowest BCUT2D eigenvalue weighted by Crippen LogP contribution is -2.36. The van der Waals surface area contributed by atoms with Crippen LogP contribution in [0.15, 0.2) is 24.3 Å². The molecule has 116 valence electrons. The quantitative estimate of drug-likeness (QED) is 0.905. The molecule has 1 saturated heterocycles. The van der Waals surface area contributed by atoms with Gasteiger partial charge in [0.2, 0.25) is 0 Å². The lowest BCUT2D eigenvalue weighted by molar-refractivity contribution is 0.0782. The van der Waals surface area contributed by atoms with Crippen molar-refractivity contribution in [2.24, 2.45) is 5.92 Å². The Morgan fingerprint density at radius 2 is 2.05 bits per heavy atom. The van der Waals surface area contributed by atoms with Crippen LogP contribution in [0.25, 0.3) is 0 Å². The van der Waals surface area contributed by atoms with Crippen molar-refractivity contribution in [1.29, 1.82) is 0 Å². The highest BCUT2D eigenvalue weighted by molar-refractivity contribution is 5.99. The van der Waals surface area contributed by atoms with Crippen molar-refractivity contribution in [3.8, 4) is 0 Å². The van der Waals surface area contributed by atoms with Crippen LogP contribution in [0.5, 0.6) is 0 Å². The Bertz CT molecular complexity index is 487. The van der Waals surface area contributed by atoms with E-state index in [1.165, 1.54) is 0 Å². The third-order valence-corrected chi connectivity index (χ3v) is 4.25.